The molecular weight excluding hydrogens is 225 g/mol. The first-order chi connectivity index (χ1) is 7.79. The summed E-state index contributed by atoms with van der Waals surface area (Å²) in [6.45, 7) is 0.535. The first-order valence-electron chi connectivity index (χ1n) is 4.60. The van der Waals surface area contributed by atoms with Gasteiger partial charge in [0, 0.05) is 11.1 Å². The number of aromatic nitrogens is 1. The van der Waals surface area contributed by atoms with Crippen molar-refractivity contribution in [3.63, 3.8) is 0 Å². The van der Waals surface area contributed by atoms with Crippen LogP contribution in [0.25, 0.3) is 0 Å². The van der Waals surface area contributed by atoms with Gasteiger partial charge in [0.25, 0.3) is 0 Å². The van der Waals surface area contributed by atoms with Crippen LogP contribution < -0.4 is 5.32 Å². The Morgan fingerprint density at radius 2 is 2.38 bits per heavy atom. The average Bonchev–Trinajstić information content (AvgIpc) is 2.80. The lowest BCUT2D eigenvalue weighted by Gasteiger charge is -2.05. The van der Waals surface area contributed by atoms with E-state index in [9.17, 15) is 4.39 Å². The van der Waals surface area contributed by atoms with E-state index in [-0.39, 0.29) is 0 Å². The van der Waals surface area contributed by atoms with Gasteiger partial charge in [0.05, 0.1) is 29.4 Å². The summed E-state index contributed by atoms with van der Waals surface area (Å²) in [7, 11) is 0. The molecule has 0 aliphatic heterocycles. The molecule has 1 aromatic carbocycles. The predicted octanol–water partition coefficient (Wildman–Crippen LogP) is 2.77. The highest BCUT2D eigenvalue weighted by atomic mass is 32.1. The molecule has 0 aliphatic carbocycles. The number of nitrogens with one attached hydrogen (secondary N) is 1. The summed E-state index contributed by atoms with van der Waals surface area (Å²) in [4.78, 5) is 4.96. The van der Waals surface area contributed by atoms with Crippen molar-refractivity contribution in [3.8, 4) is 6.07 Å². The standard InChI is InChI=1S/C11H8FN3S/c12-10-3-8(4-13)1-2-11(10)15-6-9-5-14-7-16-9/h1-3,5,7,15H,6H2. The lowest BCUT2D eigenvalue weighted by Crippen LogP contribution is -2.00. The van der Waals surface area contributed by atoms with Gasteiger partial charge in [-0.3, -0.25) is 4.98 Å². The van der Waals surface area contributed by atoms with Gasteiger partial charge in [-0.15, -0.1) is 11.3 Å². The maximum Gasteiger partial charge on any atom is 0.147 e. The van der Waals surface area contributed by atoms with Crippen molar-refractivity contribution in [3.05, 3.63) is 46.2 Å². The molecule has 2 rings (SSSR count). The third kappa shape index (κ3) is 2.35. The zero-order valence-corrected chi connectivity index (χ0v) is 9.09. The quantitative estimate of drug-likeness (QED) is 0.886. The lowest BCUT2D eigenvalue weighted by molar-refractivity contribution is 0.629. The monoisotopic (exact) mass is 233 g/mol. The summed E-state index contributed by atoms with van der Waals surface area (Å²) < 4.78 is 13.4. The second kappa shape index (κ2) is 4.73. The minimum atomic E-state index is -0.413. The van der Waals surface area contributed by atoms with Gasteiger partial charge >= 0.3 is 0 Å². The molecule has 0 saturated heterocycles. The normalized spacial score (nSPS) is 9.75. The average molecular weight is 233 g/mol. The Labute approximate surface area is 96.2 Å². The number of benzene rings is 1. The zero-order valence-electron chi connectivity index (χ0n) is 8.27. The van der Waals surface area contributed by atoms with Crippen LogP contribution >= 0.6 is 11.3 Å². The Morgan fingerprint density at radius 3 is 3.00 bits per heavy atom. The van der Waals surface area contributed by atoms with Crippen molar-refractivity contribution in [1.29, 1.82) is 5.26 Å². The van der Waals surface area contributed by atoms with Gasteiger partial charge in [-0.1, -0.05) is 0 Å². The summed E-state index contributed by atoms with van der Waals surface area (Å²) in [5.74, 6) is -0.413. The summed E-state index contributed by atoms with van der Waals surface area (Å²) in [5, 5.41) is 11.5. The highest BCUT2D eigenvalue weighted by molar-refractivity contribution is 7.09. The van der Waals surface area contributed by atoms with Gasteiger partial charge in [0.15, 0.2) is 0 Å². The Morgan fingerprint density at radius 1 is 1.50 bits per heavy atom. The van der Waals surface area contributed by atoms with E-state index in [1.54, 1.807) is 23.8 Å². The molecule has 16 heavy (non-hydrogen) atoms. The first-order valence-corrected chi connectivity index (χ1v) is 5.48. The fourth-order valence-electron chi connectivity index (χ4n) is 1.24. The van der Waals surface area contributed by atoms with Crippen molar-refractivity contribution in [1.82, 2.24) is 4.98 Å². The molecule has 0 aliphatic rings. The predicted molar refractivity (Wildman–Crippen MR) is 60.6 cm³/mol. The van der Waals surface area contributed by atoms with E-state index in [0.717, 1.165) is 4.88 Å². The number of thiazole rings is 1. The molecule has 5 heteroatoms. The molecule has 0 radical (unpaired) electrons. The Kier molecular flexibility index (Phi) is 3.13. The molecule has 0 bridgehead atoms. The molecule has 3 nitrogen and oxygen atoms in total. The van der Waals surface area contributed by atoms with Crippen LogP contribution in [0.15, 0.2) is 29.9 Å². The Balaban J connectivity index is 2.08. The molecule has 1 N–H and O–H groups in total. The topological polar surface area (TPSA) is 48.7 Å². The molecule has 0 atom stereocenters. The third-order valence-electron chi connectivity index (χ3n) is 2.03. The Bertz CT molecular complexity index is 517. The number of hydrogen-bond donors (Lipinski definition) is 1. The summed E-state index contributed by atoms with van der Waals surface area (Å²) >= 11 is 1.51. The number of hydrogen-bond acceptors (Lipinski definition) is 4. The first kappa shape index (κ1) is 10.6. The largest absolute Gasteiger partial charge is 0.378 e. The van der Waals surface area contributed by atoms with Gasteiger partial charge in [-0.2, -0.15) is 5.26 Å². The van der Waals surface area contributed by atoms with E-state index in [1.165, 1.54) is 17.4 Å². The number of halogens is 1. The van der Waals surface area contributed by atoms with Crippen LogP contribution in [0.2, 0.25) is 0 Å². The summed E-state index contributed by atoms with van der Waals surface area (Å²) in [5.41, 5.74) is 2.44. The minimum Gasteiger partial charge on any atom is -0.378 e. The van der Waals surface area contributed by atoms with Gasteiger partial charge in [-0.25, -0.2) is 4.39 Å². The molecule has 0 saturated carbocycles. The molecule has 1 heterocycles. The maximum atomic E-state index is 13.4. The van der Waals surface area contributed by atoms with E-state index >= 15 is 0 Å². The molecule has 0 spiro atoms. The van der Waals surface area contributed by atoms with Crippen LogP contribution in [0.3, 0.4) is 0 Å². The van der Waals surface area contributed by atoms with Crippen LogP contribution in [-0.4, -0.2) is 4.98 Å². The lowest BCUT2D eigenvalue weighted by atomic mass is 10.2. The molecule has 80 valence electrons. The van der Waals surface area contributed by atoms with Crippen LogP contribution in [0, 0.1) is 17.1 Å². The van der Waals surface area contributed by atoms with Crippen LogP contribution in [0.4, 0.5) is 10.1 Å². The second-order valence-electron chi connectivity index (χ2n) is 3.13. The molecule has 1 aromatic heterocycles. The van der Waals surface area contributed by atoms with Crippen LogP contribution in [-0.2, 0) is 6.54 Å². The van der Waals surface area contributed by atoms with Crippen molar-refractivity contribution >= 4 is 17.0 Å². The van der Waals surface area contributed by atoms with Gasteiger partial charge < -0.3 is 5.32 Å². The number of nitrogens with zero attached hydrogens (tertiary/aromatic N) is 2. The van der Waals surface area contributed by atoms with Gasteiger partial charge in [0.2, 0.25) is 0 Å². The van der Waals surface area contributed by atoms with Crippen LogP contribution in [0.1, 0.15) is 10.4 Å². The highest BCUT2D eigenvalue weighted by Crippen LogP contribution is 2.17. The summed E-state index contributed by atoms with van der Waals surface area (Å²) in [6.07, 6.45) is 1.74. The Hall–Kier alpha value is -1.93. The smallest absolute Gasteiger partial charge is 0.147 e. The van der Waals surface area contributed by atoms with Crippen molar-refractivity contribution in [2.75, 3.05) is 5.32 Å². The van der Waals surface area contributed by atoms with Crippen LogP contribution in [0.5, 0.6) is 0 Å². The van der Waals surface area contributed by atoms with Crippen molar-refractivity contribution in [2.24, 2.45) is 0 Å². The molecule has 0 fully saturated rings. The number of anilines is 1. The van der Waals surface area contributed by atoms with Gasteiger partial charge in [-0.05, 0) is 18.2 Å². The van der Waals surface area contributed by atoms with E-state index in [1.807, 2.05) is 6.07 Å². The highest BCUT2D eigenvalue weighted by Gasteiger charge is 2.03. The molecular formula is C11H8FN3S. The second-order valence-corrected chi connectivity index (χ2v) is 4.10. The molecule has 0 amide bonds. The van der Waals surface area contributed by atoms with E-state index in [0.29, 0.717) is 17.8 Å². The zero-order chi connectivity index (χ0) is 11.4. The summed E-state index contributed by atoms with van der Waals surface area (Å²) in [6, 6.07) is 6.25. The number of nitriles is 1. The van der Waals surface area contributed by atoms with E-state index in [4.69, 9.17) is 5.26 Å². The SMILES string of the molecule is N#Cc1ccc(NCc2cncs2)c(F)c1. The van der Waals surface area contributed by atoms with Crippen molar-refractivity contribution < 1.29 is 4.39 Å². The number of rotatable bonds is 3. The maximum absolute atomic E-state index is 13.4. The third-order valence-corrected chi connectivity index (χ3v) is 2.81. The molecule has 2 aromatic rings. The van der Waals surface area contributed by atoms with Crippen molar-refractivity contribution in [2.45, 2.75) is 6.54 Å². The molecule has 0 unspecified atom stereocenters. The minimum absolute atomic E-state index is 0.320. The van der Waals surface area contributed by atoms with Gasteiger partial charge in [0.1, 0.15) is 5.82 Å². The fourth-order valence-corrected chi connectivity index (χ4v) is 1.77. The van der Waals surface area contributed by atoms with E-state index in [2.05, 4.69) is 10.3 Å². The fraction of sp³-hybridized carbons (Fsp3) is 0.0909. The van der Waals surface area contributed by atoms with E-state index < -0.39 is 5.82 Å².